The Morgan fingerprint density at radius 2 is 2.11 bits per heavy atom. The predicted octanol–water partition coefficient (Wildman–Crippen LogP) is 2.26. The van der Waals surface area contributed by atoms with Crippen LogP contribution in [0.5, 0.6) is 0 Å². The van der Waals surface area contributed by atoms with E-state index in [1.54, 1.807) is 22.1 Å². The van der Waals surface area contributed by atoms with Crippen LogP contribution in [0.4, 0.5) is 5.82 Å². The van der Waals surface area contributed by atoms with Crippen molar-refractivity contribution in [3.8, 4) is 0 Å². The van der Waals surface area contributed by atoms with E-state index >= 15 is 0 Å². The maximum atomic E-state index is 13.8. The molecule has 0 unspecified atom stereocenters. The van der Waals surface area contributed by atoms with E-state index < -0.39 is 12.0 Å². The zero-order chi connectivity index (χ0) is 26.7. The van der Waals surface area contributed by atoms with Gasteiger partial charge in [0.25, 0.3) is 11.5 Å². The molecule has 0 bridgehead atoms. The van der Waals surface area contributed by atoms with Gasteiger partial charge in [-0.3, -0.25) is 28.5 Å². The van der Waals surface area contributed by atoms with Gasteiger partial charge in [0.15, 0.2) is 0 Å². The fourth-order valence-electron chi connectivity index (χ4n) is 4.40. The van der Waals surface area contributed by atoms with Gasteiger partial charge in [-0.2, -0.15) is 0 Å². The lowest BCUT2D eigenvalue weighted by Crippen LogP contribution is -2.57. The van der Waals surface area contributed by atoms with E-state index in [-0.39, 0.29) is 35.2 Å². The number of aromatic nitrogens is 2. The minimum atomic E-state index is -0.921. The molecule has 37 heavy (non-hydrogen) atoms. The number of pyridine rings is 1. The summed E-state index contributed by atoms with van der Waals surface area (Å²) in [5.41, 5.74) is 0.958. The second kappa shape index (κ2) is 11.4. The van der Waals surface area contributed by atoms with Crippen molar-refractivity contribution in [1.82, 2.24) is 19.6 Å². The van der Waals surface area contributed by atoms with Crippen LogP contribution in [-0.4, -0.2) is 69.2 Å². The molecule has 4 heterocycles. The summed E-state index contributed by atoms with van der Waals surface area (Å²) < 4.78 is 6.67. The van der Waals surface area contributed by atoms with Crippen LogP contribution in [0.3, 0.4) is 0 Å². The van der Waals surface area contributed by atoms with Crippen molar-refractivity contribution in [3.63, 3.8) is 0 Å². The third-order valence-electron chi connectivity index (χ3n) is 6.39. The highest BCUT2D eigenvalue weighted by atomic mass is 32.2. The number of hydrogen-bond acceptors (Lipinski definition) is 9. The van der Waals surface area contributed by atoms with E-state index in [9.17, 15) is 19.2 Å². The van der Waals surface area contributed by atoms with Crippen molar-refractivity contribution >= 4 is 63.6 Å². The number of piperazine rings is 1. The number of carbonyl (C=O) groups is 3. The zero-order valence-corrected chi connectivity index (χ0v) is 22.6. The molecule has 1 atom stereocenters. The average Bonchev–Trinajstić information content (AvgIpc) is 3.14. The highest BCUT2D eigenvalue weighted by Crippen LogP contribution is 2.34. The highest BCUT2D eigenvalue weighted by Gasteiger charge is 2.36. The summed E-state index contributed by atoms with van der Waals surface area (Å²) in [5, 5.41) is 2.76. The summed E-state index contributed by atoms with van der Waals surface area (Å²) in [6.07, 6.45) is 5.75. The predicted molar refractivity (Wildman–Crippen MR) is 146 cm³/mol. The van der Waals surface area contributed by atoms with Gasteiger partial charge in [-0.05, 0) is 31.1 Å². The number of anilines is 1. The maximum Gasteiger partial charge on any atom is 0.308 e. The number of methoxy groups -OCH3 is 1. The van der Waals surface area contributed by atoms with Crippen LogP contribution in [0.25, 0.3) is 11.7 Å². The molecule has 2 aliphatic rings. The first-order chi connectivity index (χ1) is 17.8. The molecule has 2 aliphatic heterocycles. The molecule has 2 saturated heterocycles. The Morgan fingerprint density at radius 1 is 1.32 bits per heavy atom. The second-order valence-corrected chi connectivity index (χ2v) is 10.5. The standard InChI is InChI=1S/C25H29N5O5S2/c1-4-5-6-10-30-24(34)18(37-25(30)36)13-16-21(27-20-15(2)8-7-11-29(20)23(16)33)28-12-9-26-22(32)17(28)14-19(31)35-3/h7-8,11,13,17H,4-6,9-10,12,14H2,1-3H3,(H,26,32)/b18-13-/t17-/m0/s1. The first-order valence-electron chi connectivity index (χ1n) is 12.1. The summed E-state index contributed by atoms with van der Waals surface area (Å²) in [6.45, 7) is 5.07. The van der Waals surface area contributed by atoms with Crippen molar-refractivity contribution in [2.24, 2.45) is 0 Å². The molecular formula is C25H29N5O5S2. The first kappa shape index (κ1) is 26.8. The fraction of sp³-hybridized carbons (Fsp3) is 0.440. The number of nitrogens with one attached hydrogen (secondary N) is 1. The molecule has 196 valence electrons. The molecule has 2 fully saturated rings. The molecular weight excluding hydrogens is 514 g/mol. The smallest absolute Gasteiger partial charge is 0.308 e. The molecule has 0 saturated carbocycles. The van der Waals surface area contributed by atoms with E-state index in [2.05, 4.69) is 12.2 Å². The summed E-state index contributed by atoms with van der Waals surface area (Å²) in [6, 6.07) is 2.66. The molecule has 0 spiro atoms. The maximum absolute atomic E-state index is 13.8. The van der Waals surface area contributed by atoms with Gasteiger partial charge in [-0.25, -0.2) is 4.98 Å². The summed E-state index contributed by atoms with van der Waals surface area (Å²) in [5.74, 6) is -0.945. The number of amides is 2. The SMILES string of the molecule is CCCCCN1C(=O)/C(=C/c2c(N3CCNC(=O)[C@@H]3CC(=O)OC)nc3c(C)cccn3c2=O)SC1=S. The molecule has 0 radical (unpaired) electrons. The summed E-state index contributed by atoms with van der Waals surface area (Å²) in [7, 11) is 1.26. The lowest BCUT2D eigenvalue weighted by atomic mass is 10.1. The molecule has 0 aliphatic carbocycles. The van der Waals surface area contributed by atoms with Crippen molar-refractivity contribution in [3.05, 3.63) is 44.7 Å². The van der Waals surface area contributed by atoms with Crippen molar-refractivity contribution in [2.45, 2.75) is 45.6 Å². The minimum Gasteiger partial charge on any atom is -0.469 e. The number of hydrogen-bond donors (Lipinski definition) is 1. The van der Waals surface area contributed by atoms with Gasteiger partial charge in [0.1, 0.15) is 21.8 Å². The number of unbranched alkanes of at least 4 members (excludes halogenated alkanes) is 2. The van der Waals surface area contributed by atoms with E-state index in [1.165, 1.54) is 17.6 Å². The Bertz CT molecular complexity index is 1350. The number of nitrogens with zero attached hydrogens (tertiary/aromatic N) is 4. The van der Waals surface area contributed by atoms with Gasteiger partial charge in [0, 0.05) is 25.8 Å². The van der Waals surface area contributed by atoms with E-state index in [0.717, 1.165) is 36.6 Å². The molecule has 1 N–H and O–H groups in total. The number of esters is 1. The Hall–Kier alpha value is -3.25. The molecule has 12 heteroatoms. The van der Waals surface area contributed by atoms with E-state index in [0.29, 0.717) is 34.5 Å². The number of fused-ring (bicyclic) bond motifs is 1. The lowest BCUT2D eigenvalue weighted by molar-refractivity contribution is -0.143. The topological polar surface area (TPSA) is 113 Å². The second-order valence-electron chi connectivity index (χ2n) is 8.86. The van der Waals surface area contributed by atoms with Crippen LogP contribution >= 0.6 is 24.0 Å². The van der Waals surface area contributed by atoms with E-state index in [4.69, 9.17) is 21.9 Å². The van der Waals surface area contributed by atoms with Crippen LogP contribution < -0.4 is 15.8 Å². The van der Waals surface area contributed by atoms with Crippen molar-refractivity contribution < 1.29 is 19.1 Å². The van der Waals surface area contributed by atoms with Crippen LogP contribution in [-0.2, 0) is 19.1 Å². The molecule has 10 nitrogen and oxygen atoms in total. The van der Waals surface area contributed by atoms with Crippen molar-refractivity contribution in [1.29, 1.82) is 0 Å². The highest BCUT2D eigenvalue weighted by molar-refractivity contribution is 8.26. The molecule has 2 aromatic rings. The summed E-state index contributed by atoms with van der Waals surface area (Å²) >= 11 is 6.60. The van der Waals surface area contributed by atoms with Gasteiger partial charge < -0.3 is 15.0 Å². The first-order valence-corrected chi connectivity index (χ1v) is 13.4. The lowest BCUT2D eigenvalue weighted by Gasteiger charge is -2.36. The van der Waals surface area contributed by atoms with Gasteiger partial charge in [0.05, 0.1) is 24.0 Å². The third-order valence-corrected chi connectivity index (χ3v) is 7.77. The van der Waals surface area contributed by atoms with Crippen LogP contribution in [0.15, 0.2) is 28.0 Å². The Morgan fingerprint density at radius 3 is 2.84 bits per heavy atom. The Labute approximate surface area is 224 Å². The Kier molecular flexibility index (Phi) is 8.28. The van der Waals surface area contributed by atoms with Gasteiger partial charge in [-0.1, -0.05) is 49.8 Å². The quantitative estimate of drug-likeness (QED) is 0.232. The number of aryl methyl sites for hydroxylation is 1. The fourth-order valence-corrected chi connectivity index (χ4v) is 5.69. The number of carbonyl (C=O) groups excluding carboxylic acids is 3. The van der Waals surface area contributed by atoms with Crippen LogP contribution in [0, 0.1) is 6.92 Å². The van der Waals surface area contributed by atoms with E-state index in [1.807, 2.05) is 13.0 Å². The number of rotatable bonds is 8. The molecule has 4 rings (SSSR count). The van der Waals surface area contributed by atoms with Gasteiger partial charge >= 0.3 is 5.97 Å². The van der Waals surface area contributed by atoms with Crippen LogP contribution in [0.2, 0.25) is 0 Å². The zero-order valence-electron chi connectivity index (χ0n) is 21.0. The van der Waals surface area contributed by atoms with Crippen LogP contribution in [0.1, 0.15) is 43.7 Å². The summed E-state index contributed by atoms with van der Waals surface area (Å²) in [4.78, 5) is 60.2. The number of thiocarbonyl (C=S) groups is 1. The van der Waals surface area contributed by atoms with Gasteiger partial charge in [-0.15, -0.1) is 0 Å². The number of thioether (sulfide) groups is 1. The molecule has 2 aromatic heterocycles. The monoisotopic (exact) mass is 543 g/mol. The normalized spacial score (nSPS) is 19.2. The van der Waals surface area contributed by atoms with Gasteiger partial charge in [0.2, 0.25) is 5.91 Å². The third kappa shape index (κ3) is 5.40. The Balaban J connectivity index is 1.85. The largest absolute Gasteiger partial charge is 0.469 e. The average molecular weight is 544 g/mol. The molecule has 2 amide bonds. The van der Waals surface area contributed by atoms with Crippen molar-refractivity contribution in [2.75, 3.05) is 31.6 Å². The molecule has 0 aromatic carbocycles. The number of ether oxygens (including phenoxy) is 1. The minimum absolute atomic E-state index is 0.154.